The molecule has 0 radical (unpaired) electrons. The van der Waals surface area contributed by atoms with Gasteiger partial charge in [0.1, 0.15) is 5.03 Å². The molecule has 5 nitrogen and oxygen atoms in total. The third kappa shape index (κ3) is 3.96. The molecule has 1 heterocycles. The Morgan fingerprint density at radius 1 is 1.42 bits per heavy atom. The fourth-order valence-corrected chi connectivity index (χ4v) is 2.94. The van der Waals surface area contributed by atoms with Gasteiger partial charge in [0.15, 0.2) is 0 Å². The molecular formula is C13H16N2O3S. The van der Waals surface area contributed by atoms with Gasteiger partial charge in [0.25, 0.3) is 0 Å². The van der Waals surface area contributed by atoms with Crippen molar-refractivity contribution in [3.8, 4) is 0 Å². The largest absolute Gasteiger partial charge is 0.478 e. The fourth-order valence-electron chi connectivity index (χ4n) is 2.14. The zero-order valence-corrected chi connectivity index (χ0v) is 11.3. The van der Waals surface area contributed by atoms with Crippen LogP contribution in [-0.4, -0.2) is 33.8 Å². The first-order chi connectivity index (χ1) is 9.16. The van der Waals surface area contributed by atoms with Crippen molar-refractivity contribution in [2.75, 3.05) is 5.75 Å². The van der Waals surface area contributed by atoms with Crippen LogP contribution in [0.2, 0.25) is 0 Å². The minimum atomic E-state index is -1.02. The first-order valence-corrected chi connectivity index (χ1v) is 7.26. The van der Waals surface area contributed by atoms with Crippen LogP contribution in [0, 0.1) is 0 Å². The van der Waals surface area contributed by atoms with E-state index in [0.717, 1.165) is 24.6 Å². The summed E-state index contributed by atoms with van der Waals surface area (Å²) in [6.45, 7) is 0. The number of nitrogens with one attached hydrogen (secondary N) is 1. The van der Waals surface area contributed by atoms with E-state index in [-0.39, 0.29) is 23.3 Å². The summed E-state index contributed by atoms with van der Waals surface area (Å²) in [5.41, 5.74) is 0.140. The number of carboxylic acid groups (broad SMARTS) is 1. The number of pyridine rings is 1. The molecule has 19 heavy (non-hydrogen) atoms. The molecule has 0 unspecified atom stereocenters. The van der Waals surface area contributed by atoms with Crippen molar-refractivity contribution in [2.24, 2.45) is 0 Å². The average Bonchev–Trinajstić information content (AvgIpc) is 2.89. The number of thioether (sulfide) groups is 1. The van der Waals surface area contributed by atoms with E-state index < -0.39 is 5.97 Å². The molecule has 1 aromatic heterocycles. The summed E-state index contributed by atoms with van der Waals surface area (Å²) in [6.07, 6.45) is 5.95. The van der Waals surface area contributed by atoms with Gasteiger partial charge in [-0.25, -0.2) is 9.78 Å². The number of aromatic nitrogens is 1. The van der Waals surface area contributed by atoms with Gasteiger partial charge in [0.05, 0.1) is 11.3 Å². The zero-order chi connectivity index (χ0) is 13.7. The number of carbonyl (C=O) groups excluding carboxylic acids is 1. The molecule has 102 valence electrons. The van der Waals surface area contributed by atoms with Crippen LogP contribution in [0.5, 0.6) is 0 Å². The molecule has 0 aromatic carbocycles. The summed E-state index contributed by atoms with van der Waals surface area (Å²) < 4.78 is 0. The molecule has 0 bridgehead atoms. The SMILES string of the molecule is O=C(CSc1ncccc1C(=O)O)NC1CCCC1. The maximum absolute atomic E-state index is 11.7. The van der Waals surface area contributed by atoms with Gasteiger partial charge in [0.2, 0.25) is 5.91 Å². The molecular weight excluding hydrogens is 264 g/mol. The maximum atomic E-state index is 11.7. The summed E-state index contributed by atoms with van der Waals surface area (Å²) in [5.74, 6) is -0.876. The predicted molar refractivity (Wildman–Crippen MR) is 72.3 cm³/mol. The molecule has 1 aliphatic carbocycles. The van der Waals surface area contributed by atoms with Crippen molar-refractivity contribution in [1.29, 1.82) is 0 Å². The van der Waals surface area contributed by atoms with Crippen molar-refractivity contribution < 1.29 is 14.7 Å². The number of rotatable bonds is 5. The van der Waals surface area contributed by atoms with Crippen molar-refractivity contribution in [3.05, 3.63) is 23.9 Å². The van der Waals surface area contributed by atoms with Crippen LogP contribution in [-0.2, 0) is 4.79 Å². The summed E-state index contributed by atoms with van der Waals surface area (Å²) in [4.78, 5) is 26.7. The molecule has 2 N–H and O–H groups in total. The Kier molecular flexibility index (Phi) is 4.79. The first-order valence-electron chi connectivity index (χ1n) is 6.27. The van der Waals surface area contributed by atoms with Gasteiger partial charge in [-0.1, -0.05) is 24.6 Å². The van der Waals surface area contributed by atoms with E-state index >= 15 is 0 Å². The number of aromatic carboxylic acids is 1. The number of nitrogens with zero attached hydrogens (tertiary/aromatic N) is 1. The Hall–Kier alpha value is -1.56. The second-order valence-corrected chi connectivity index (χ2v) is 5.46. The van der Waals surface area contributed by atoms with Crippen molar-refractivity contribution in [3.63, 3.8) is 0 Å². The molecule has 1 aliphatic rings. The minimum Gasteiger partial charge on any atom is -0.478 e. The monoisotopic (exact) mass is 280 g/mol. The Morgan fingerprint density at radius 3 is 2.84 bits per heavy atom. The third-order valence-corrected chi connectivity index (χ3v) is 4.07. The number of hydrogen-bond acceptors (Lipinski definition) is 4. The molecule has 1 amide bonds. The van der Waals surface area contributed by atoms with Crippen LogP contribution in [0.15, 0.2) is 23.4 Å². The zero-order valence-electron chi connectivity index (χ0n) is 10.5. The maximum Gasteiger partial charge on any atom is 0.338 e. The van der Waals surface area contributed by atoms with Gasteiger partial charge >= 0.3 is 5.97 Å². The van der Waals surface area contributed by atoms with Gasteiger partial charge in [0, 0.05) is 12.2 Å². The summed E-state index contributed by atoms with van der Waals surface area (Å²) in [5, 5.41) is 12.4. The molecule has 0 aliphatic heterocycles. The Bertz CT molecular complexity index is 473. The quantitative estimate of drug-likeness (QED) is 0.806. The van der Waals surface area contributed by atoms with Crippen molar-refractivity contribution >= 4 is 23.6 Å². The topological polar surface area (TPSA) is 79.3 Å². The Balaban J connectivity index is 1.87. The molecule has 1 aromatic rings. The van der Waals surface area contributed by atoms with Crippen molar-refractivity contribution in [2.45, 2.75) is 36.8 Å². The molecule has 2 rings (SSSR count). The van der Waals surface area contributed by atoms with Gasteiger partial charge in [-0.15, -0.1) is 0 Å². The highest BCUT2D eigenvalue weighted by molar-refractivity contribution is 8.00. The molecule has 0 spiro atoms. The highest BCUT2D eigenvalue weighted by Crippen LogP contribution is 2.21. The van der Waals surface area contributed by atoms with E-state index in [2.05, 4.69) is 10.3 Å². The smallest absolute Gasteiger partial charge is 0.338 e. The Morgan fingerprint density at radius 2 is 2.16 bits per heavy atom. The van der Waals surface area contributed by atoms with Crippen LogP contribution in [0.1, 0.15) is 36.0 Å². The standard InChI is InChI=1S/C13H16N2O3S/c16-11(15-9-4-1-2-5-9)8-19-12-10(13(17)18)6-3-7-14-12/h3,6-7,9H,1-2,4-5,8H2,(H,15,16)(H,17,18). The molecule has 6 heteroatoms. The second-order valence-electron chi connectivity index (χ2n) is 4.50. The molecule has 0 saturated heterocycles. The van der Waals surface area contributed by atoms with Gasteiger partial charge in [-0.3, -0.25) is 4.79 Å². The average molecular weight is 280 g/mol. The van der Waals surface area contributed by atoms with Gasteiger partial charge in [-0.2, -0.15) is 0 Å². The second kappa shape index (κ2) is 6.56. The van der Waals surface area contributed by atoms with Crippen molar-refractivity contribution in [1.82, 2.24) is 10.3 Å². The lowest BCUT2D eigenvalue weighted by molar-refractivity contribution is -0.119. The minimum absolute atomic E-state index is 0.0566. The summed E-state index contributed by atoms with van der Waals surface area (Å²) in [7, 11) is 0. The van der Waals surface area contributed by atoms with E-state index in [1.165, 1.54) is 25.1 Å². The predicted octanol–water partition coefficient (Wildman–Crippen LogP) is 1.93. The first kappa shape index (κ1) is 13.9. The van der Waals surface area contributed by atoms with E-state index in [9.17, 15) is 9.59 Å². The lowest BCUT2D eigenvalue weighted by atomic mass is 10.2. The van der Waals surface area contributed by atoms with Gasteiger partial charge < -0.3 is 10.4 Å². The van der Waals surface area contributed by atoms with E-state index in [1.807, 2.05) is 0 Å². The normalized spacial score (nSPS) is 15.4. The van der Waals surface area contributed by atoms with Gasteiger partial charge in [-0.05, 0) is 25.0 Å². The highest BCUT2D eigenvalue weighted by Gasteiger charge is 2.18. The lowest BCUT2D eigenvalue weighted by Gasteiger charge is -2.11. The molecule has 1 saturated carbocycles. The summed E-state index contributed by atoms with van der Waals surface area (Å²) >= 11 is 1.16. The fraction of sp³-hybridized carbons (Fsp3) is 0.462. The highest BCUT2D eigenvalue weighted by atomic mass is 32.2. The Labute approximate surface area is 115 Å². The molecule has 1 fully saturated rings. The van der Waals surface area contributed by atoms with Crippen LogP contribution < -0.4 is 5.32 Å². The number of carbonyl (C=O) groups is 2. The van der Waals surface area contributed by atoms with E-state index in [0.29, 0.717) is 5.03 Å². The number of carboxylic acids is 1. The van der Waals surface area contributed by atoms with E-state index in [4.69, 9.17) is 5.11 Å². The third-order valence-electron chi connectivity index (χ3n) is 3.06. The lowest BCUT2D eigenvalue weighted by Crippen LogP contribution is -2.33. The number of amides is 1. The molecule has 0 atom stereocenters. The van der Waals surface area contributed by atoms with Crippen LogP contribution in [0.25, 0.3) is 0 Å². The van der Waals surface area contributed by atoms with Crippen LogP contribution >= 0.6 is 11.8 Å². The summed E-state index contributed by atoms with van der Waals surface area (Å²) in [6, 6.07) is 3.36. The van der Waals surface area contributed by atoms with Crippen LogP contribution in [0.3, 0.4) is 0 Å². The van der Waals surface area contributed by atoms with E-state index in [1.54, 1.807) is 6.07 Å². The van der Waals surface area contributed by atoms with Crippen LogP contribution in [0.4, 0.5) is 0 Å². The number of hydrogen-bond donors (Lipinski definition) is 2.